The summed E-state index contributed by atoms with van der Waals surface area (Å²) in [5.41, 5.74) is 1.31. The highest BCUT2D eigenvalue weighted by atomic mass is 16.5. The van der Waals surface area contributed by atoms with E-state index in [9.17, 15) is 9.90 Å². The van der Waals surface area contributed by atoms with Crippen molar-refractivity contribution in [3.05, 3.63) is 36.0 Å². The number of hydrogen-bond donors (Lipinski definition) is 3. The molecule has 26 heavy (non-hydrogen) atoms. The molecule has 2 aromatic heterocycles. The first-order valence-electron chi connectivity index (χ1n) is 8.14. The third-order valence-corrected chi connectivity index (χ3v) is 3.80. The number of nitrogens with zero attached hydrogens (tertiary/aromatic N) is 4. The van der Waals surface area contributed by atoms with Gasteiger partial charge in [0.05, 0.1) is 5.69 Å². The minimum absolute atomic E-state index is 0.0248. The van der Waals surface area contributed by atoms with E-state index in [1.807, 2.05) is 6.07 Å². The maximum absolute atomic E-state index is 12.2. The van der Waals surface area contributed by atoms with Crippen LogP contribution >= 0.6 is 0 Å². The molecule has 0 aliphatic heterocycles. The van der Waals surface area contributed by atoms with Gasteiger partial charge < -0.3 is 14.9 Å². The molecule has 0 spiro atoms. The molecule has 2 heterocycles. The highest BCUT2D eigenvalue weighted by Gasteiger charge is 2.17. The number of carbonyl (C=O) groups is 1. The van der Waals surface area contributed by atoms with Crippen LogP contribution in [0.2, 0.25) is 0 Å². The maximum Gasteiger partial charge on any atom is 0.239 e. The highest BCUT2D eigenvalue weighted by Crippen LogP contribution is 2.30. The van der Waals surface area contributed by atoms with Crippen LogP contribution in [0.3, 0.4) is 0 Å². The van der Waals surface area contributed by atoms with Crippen LogP contribution in [0.5, 0.6) is 5.75 Å². The van der Waals surface area contributed by atoms with E-state index in [-0.39, 0.29) is 35.7 Å². The van der Waals surface area contributed by atoms with Gasteiger partial charge in [-0.1, -0.05) is 32.0 Å². The number of aromatic amines is 1. The van der Waals surface area contributed by atoms with Gasteiger partial charge in [-0.25, -0.2) is 4.98 Å². The van der Waals surface area contributed by atoms with E-state index in [0.717, 1.165) is 5.56 Å². The van der Waals surface area contributed by atoms with E-state index < -0.39 is 0 Å². The van der Waals surface area contributed by atoms with Crippen molar-refractivity contribution in [2.45, 2.75) is 39.0 Å². The lowest BCUT2D eigenvalue weighted by atomic mass is 9.87. The highest BCUT2D eigenvalue weighted by molar-refractivity contribution is 5.92. The second-order valence-corrected chi connectivity index (χ2v) is 6.88. The van der Waals surface area contributed by atoms with Gasteiger partial charge in [-0.05, 0) is 23.1 Å². The molecule has 0 fully saturated rings. The third kappa shape index (κ3) is 4.05. The minimum Gasteiger partial charge on any atom is -0.506 e. The zero-order valence-electron chi connectivity index (χ0n) is 14.8. The fourth-order valence-corrected chi connectivity index (χ4v) is 2.30. The molecular weight excluding hydrogens is 336 g/mol. The number of phenols is 1. The van der Waals surface area contributed by atoms with Crippen molar-refractivity contribution in [3.8, 4) is 17.4 Å². The van der Waals surface area contributed by atoms with Crippen LogP contribution in [0.15, 0.2) is 29.0 Å². The molecule has 0 unspecified atom stereocenters. The summed E-state index contributed by atoms with van der Waals surface area (Å²) in [5.74, 6) is 0.767. The van der Waals surface area contributed by atoms with Crippen molar-refractivity contribution in [2.24, 2.45) is 0 Å². The number of anilines is 1. The zero-order chi connectivity index (χ0) is 18.7. The Labute approximate surface area is 149 Å². The molecule has 3 rings (SSSR count). The van der Waals surface area contributed by atoms with Gasteiger partial charge in [0, 0.05) is 12.8 Å². The molecule has 0 bridgehead atoms. The lowest BCUT2D eigenvalue weighted by Gasteiger charge is -2.20. The first-order valence-corrected chi connectivity index (χ1v) is 8.14. The lowest BCUT2D eigenvalue weighted by Crippen LogP contribution is -2.15. The summed E-state index contributed by atoms with van der Waals surface area (Å²) in [4.78, 5) is 20.3. The molecule has 9 nitrogen and oxygen atoms in total. The largest absolute Gasteiger partial charge is 0.506 e. The second-order valence-electron chi connectivity index (χ2n) is 6.88. The summed E-state index contributed by atoms with van der Waals surface area (Å²) < 4.78 is 5.10. The van der Waals surface area contributed by atoms with E-state index in [4.69, 9.17) is 4.52 Å². The summed E-state index contributed by atoms with van der Waals surface area (Å²) in [6.45, 7) is 6.19. The Hall–Kier alpha value is -3.23. The molecule has 1 amide bonds. The van der Waals surface area contributed by atoms with E-state index in [2.05, 4.69) is 51.4 Å². The lowest BCUT2D eigenvalue weighted by molar-refractivity contribution is -0.116. The average Bonchev–Trinajstić information content (AvgIpc) is 3.25. The van der Waals surface area contributed by atoms with Crippen LogP contribution < -0.4 is 5.32 Å². The van der Waals surface area contributed by atoms with E-state index in [1.165, 1.54) is 6.33 Å². The molecule has 0 radical (unpaired) electrons. The van der Waals surface area contributed by atoms with Crippen molar-refractivity contribution in [1.29, 1.82) is 0 Å². The van der Waals surface area contributed by atoms with E-state index in [0.29, 0.717) is 17.4 Å². The fraction of sp³-hybridized carbons (Fsp3) is 0.353. The Morgan fingerprint density at radius 1 is 1.35 bits per heavy atom. The van der Waals surface area contributed by atoms with Crippen LogP contribution in [0.4, 0.5) is 5.69 Å². The SMILES string of the molecule is CC(C)(C)c1ccc(O)c(NC(=O)CCc2nc(-c3ncn[nH]3)no2)c1. The van der Waals surface area contributed by atoms with Gasteiger partial charge in [0.15, 0.2) is 5.82 Å². The van der Waals surface area contributed by atoms with Crippen LogP contribution in [-0.4, -0.2) is 36.3 Å². The monoisotopic (exact) mass is 356 g/mol. The summed E-state index contributed by atoms with van der Waals surface area (Å²) in [6, 6.07) is 5.20. The van der Waals surface area contributed by atoms with Crippen molar-refractivity contribution < 1.29 is 14.4 Å². The van der Waals surface area contributed by atoms with Crippen molar-refractivity contribution in [1.82, 2.24) is 25.3 Å². The van der Waals surface area contributed by atoms with E-state index >= 15 is 0 Å². The molecule has 9 heteroatoms. The molecule has 0 saturated heterocycles. The molecule has 1 aromatic carbocycles. The number of aryl methyl sites for hydroxylation is 1. The number of aromatic hydroxyl groups is 1. The second kappa shape index (κ2) is 6.95. The molecule has 0 saturated carbocycles. The normalized spacial score (nSPS) is 11.5. The van der Waals surface area contributed by atoms with Crippen LogP contribution in [0.1, 0.15) is 38.6 Å². The molecular formula is C17H20N6O3. The number of aromatic nitrogens is 5. The Morgan fingerprint density at radius 3 is 2.85 bits per heavy atom. The molecule has 3 N–H and O–H groups in total. The maximum atomic E-state index is 12.2. The van der Waals surface area contributed by atoms with Gasteiger partial charge in [-0.3, -0.25) is 9.89 Å². The van der Waals surface area contributed by atoms with E-state index in [1.54, 1.807) is 12.1 Å². The predicted molar refractivity (Wildman–Crippen MR) is 93.4 cm³/mol. The number of rotatable bonds is 5. The zero-order valence-corrected chi connectivity index (χ0v) is 14.8. The van der Waals surface area contributed by atoms with Gasteiger partial charge in [0.1, 0.15) is 12.1 Å². The predicted octanol–water partition coefficient (Wildman–Crippen LogP) is 2.43. The topological polar surface area (TPSA) is 130 Å². The smallest absolute Gasteiger partial charge is 0.239 e. The van der Waals surface area contributed by atoms with Crippen LogP contribution in [0.25, 0.3) is 11.6 Å². The number of nitrogens with one attached hydrogen (secondary N) is 2. The number of benzene rings is 1. The first-order chi connectivity index (χ1) is 12.3. The molecule has 0 aliphatic rings. The third-order valence-electron chi connectivity index (χ3n) is 3.80. The molecule has 0 atom stereocenters. The van der Waals surface area contributed by atoms with Crippen molar-refractivity contribution >= 4 is 11.6 Å². The summed E-state index contributed by atoms with van der Waals surface area (Å²) in [6.07, 6.45) is 1.75. The van der Waals surface area contributed by atoms with Crippen molar-refractivity contribution in [3.63, 3.8) is 0 Å². The number of phenolic OH excluding ortho intramolecular Hbond substituents is 1. The number of hydrogen-bond acceptors (Lipinski definition) is 7. The Morgan fingerprint density at radius 2 is 2.15 bits per heavy atom. The number of carbonyl (C=O) groups excluding carboxylic acids is 1. The molecule has 136 valence electrons. The Balaban J connectivity index is 1.61. The number of H-pyrrole nitrogens is 1. The van der Waals surface area contributed by atoms with Gasteiger partial charge in [-0.2, -0.15) is 10.1 Å². The molecule has 3 aromatic rings. The first kappa shape index (κ1) is 17.6. The number of amides is 1. The summed E-state index contributed by atoms with van der Waals surface area (Å²) >= 11 is 0. The van der Waals surface area contributed by atoms with Gasteiger partial charge in [0.2, 0.25) is 17.6 Å². The quantitative estimate of drug-likeness (QED) is 0.598. The van der Waals surface area contributed by atoms with Gasteiger partial charge in [-0.15, -0.1) is 0 Å². The minimum atomic E-state index is -0.259. The Bertz CT molecular complexity index is 896. The van der Waals surface area contributed by atoms with Crippen molar-refractivity contribution in [2.75, 3.05) is 5.32 Å². The standard InChI is InChI=1S/C17H20N6O3/c1-17(2,3)10-4-5-12(24)11(8-10)20-13(25)6-7-14-21-16(23-26-14)15-18-9-19-22-15/h4-5,8-9,24H,6-7H2,1-3H3,(H,20,25)(H,18,19,22). The van der Waals surface area contributed by atoms with Gasteiger partial charge in [0.25, 0.3) is 0 Å². The van der Waals surface area contributed by atoms with Crippen LogP contribution in [0, 0.1) is 0 Å². The van der Waals surface area contributed by atoms with Gasteiger partial charge >= 0.3 is 0 Å². The Kier molecular flexibility index (Phi) is 4.70. The summed E-state index contributed by atoms with van der Waals surface area (Å²) in [5, 5.41) is 22.8. The fourth-order valence-electron chi connectivity index (χ4n) is 2.30. The molecule has 0 aliphatic carbocycles. The average molecular weight is 356 g/mol. The van der Waals surface area contributed by atoms with Crippen LogP contribution in [-0.2, 0) is 16.6 Å². The summed E-state index contributed by atoms with van der Waals surface area (Å²) in [7, 11) is 0.